The molecule has 6 heteroatoms. The second kappa shape index (κ2) is 6.74. The van der Waals surface area contributed by atoms with Crippen LogP contribution in [0.2, 0.25) is 0 Å². The van der Waals surface area contributed by atoms with E-state index in [2.05, 4.69) is 20.7 Å². The lowest BCUT2D eigenvalue weighted by Gasteiger charge is -2.13. The van der Waals surface area contributed by atoms with E-state index < -0.39 is 6.36 Å². The molecule has 1 rings (SSSR count). The van der Waals surface area contributed by atoms with Gasteiger partial charge in [0.25, 0.3) is 0 Å². The third-order valence-electron chi connectivity index (χ3n) is 1.68. The average molecular weight is 315 g/mol. The van der Waals surface area contributed by atoms with Crippen LogP contribution in [0.5, 0.6) is 11.5 Å². The largest absolute Gasteiger partial charge is 0.573 e. The van der Waals surface area contributed by atoms with Crippen LogP contribution in [0.3, 0.4) is 0 Å². The maximum atomic E-state index is 12.0. The van der Waals surface area contributed by atoms with Crippen LogP contribution in [0.1, 0.15) is 19.4 Å². The Morgan fingerprint density at radius 3 is 2.06 bits per heavy atom. The van der Waals surface area contributed by atoms with Gasteiger partial charge < -0.3 is 9.47 Å². The molecule has 2 nitrogen and oxygen atoms in total. The Hall–Kier alpha value is -0.910. The summed E-state index contributed by atoms with van der Waals surface area (Å²) in [5, 5.41) is 0. The van der Waals surface area contributed by atoms with Crippen LogP contribution < -0.4 is 9.47 Å². The molecule has 1 aromatic carbocycles. The molecule has 0 unspecified atom stereocenters. The van der Waals surface area contributed by atoms with Crippen molar-refractivity contribution in [3.05, 3.63) is 22.2 Å². The van der Waals surface area contributed by atoms with E-state index in [9.17, 15) is 13.2 Å². The average Bonchev–Trinajstić information content (AvgIpc) is 2.24. The first-order chi connectivity index (χ1) is 7.83. The Balaban J connectivity index is 0.00000121. The highest BCUT2D eigenvalue weighted by Gasteiger charge is 2.32. The van der Waals surface area contributed by atoms with Crippen LogP contribution in [0.25, 0.3) is 0 Å². The third kappa shape index (κ3) is 5.30. The van der Waals surface area contributed by atoms with Gasteiger partial charge in [-0.1, -0.05) is 13.8 Å². The molecule has 0 heterocycles. The molecule has 0 atom stereocenters. The van der Waals surface area contributed by atoms with Crippen LogP contribution in [0.4, 0.5) is 13.2 Å². The highest BCUT2D eigenvalue weighted by atomic mass is 79.9. The number of halogens is 4. The van der Waals surface area contributed by atoms with Crippen LogP contribution in [-0.2, 0) is 0 Å². The minimum atomic E-state index is -4.69. The molecular formula is C11H14BrF3O2. The number of benzene rings is 1. The van der Waals surface area contributed by atoms with E-state index >= 15 is 0 Å². The van der Waals surface area contributed by atoms with Gasteiger partial charge in [-0.3, -0.25) is 0 Å². The van der Waals surface area contributed by atoms with Gasteiger partial charge in [0.15, 0.2) is 0 Å². The lowest BCUT2D eigenvalue weighted by molar-refractivity contribution is -0.274. The smallest absolute Gasteiger partial charge is 0.496 e. The second-order valence-corrected chi connectivity index (χ2v) is 3.65. The van der Waals surface area contributed by atoms with Gasteiger partial charge in [-0.25, -0.2) is 0 Å². The lowest BCUT2D eigenvalue weighted by Crippen LogP contribution is -2.17. The van der Waals surface area contributed by atoms with Crippen LogP contribution in [0, 0.1) is 6.92 Å². The highest BCUT2D eigenvalue weighted by Crippen LogP contribution is 2.35. The minimum absolute atomic E-state index is 0.197. The molecule has 0 aromatic heterocycles. The topological polar surface area (TPSA) is 18.5 Å². The standard InChI is InChI=1S/C9H8BrF3O2.C2H6/c1-5-3-8(15-9(11,12)13)6(10)4-7(5)14-2;1-2/h3-4H,1-2H3;1-2H3. The number of alkyl halides is 3. The number of methoxy groups -OCH3 is 1. The Morgan fingerprint density at radius 2 is 1.65 bits per heavy atom. The molecule has 0 amide bonds. The van der Waals surface area contributed by atoms with Gasteiger partial charge >= 0.3 is 6.36 Å². The summed E-state index contributed by atoms with van der Waals surface area (Å²) in [7, 11) is 1.44. The summed E-state index contributed by atoms with van der Waals surface area (Å²) in [6.45, 7) is 5.63. The summed E-state index contributed by atoms with van der Waals surface area (Å²) in [5.74, 6) is 0.220. The summed E-state index contributed by atoms with van der Waals surface area (Å²) in [6, 6.07) is 2.69. The minimum Gasteiger partial charge on any atom is -0.496 e. The first-order valence-corrected chi connectivity index (χ1v) is 5.72. The van der Waals surface area contributed by atoms with Crippen molar-refractivity contribution >= 4 is 15.9 Å². The normalized spacial score (nSPS) is 10.4. The van der Waals surface area contributed by atoms with Crippen LogP contribution >= 0.6 is 15.9 Å². The number of hydrogen-bond acceptors (Lipinski definition) is 2. The maximum Gasteiger partial charge on any atom is 0.573 e. The number of rotatable bonds is 2. The Bertz CT molecular complexity index is 364. The van der Waals surface area contributed by atoms with E-state index in [-0.39, 0.29) is 10.2 Å². The molecule has 0 saturated carbocycles. The summed E-state index contributed by atoms with van der Waals surface area (Å²) < 4.78 is 44.8. The number of ether oxygens (including phenoxy) is 2. The van der Waals surface area contributed by atoms with Crippen molar-refractivity contribution in [3.8, 4) is 11.5 Å². The fourth-order valence-corrected chi connectivity index (χ4v) is 1.46. The van der Waals surface area contributed by atoms with Gasteiger partial charge in [-0.2, -0.15) is 0 Å². The molecule has 0 saturated heterocycles. The van der Waals surface area contributed by atoms with Crippen molar-refractivity contribution in [1.29, 1.82) is 0 Å². The molecule has 0 spiro atoms. The van der Waals surface area contributed by atoms with Gasteiger partial charge in [-0.05, 0) is 40.5 Å². The molecular weight excluding hydrogens is 301 g/mol. The SMILES string of the molecule is CC.COc1cc(Br)c(OC(F)(F)F)cc1C. The first-order valence-electron chi connectivity index (χ1n) is 4.93. The van der Waals surface area contributed by atoms with Gasteiger partial charge in [0.05, 0.1) is 11.6 Å². The number of aryl methyl sites for hydroxylation is 1. The maximum absolute atomic E-state index is 12.0. The summed E-state index contributed by atoms with van der Waals surface area (Å²) in [5.41, 5.74) is 0.569. The molecule has 1 aromatic rings. The summed E-state index contributed by atoms with van der Waals surface area (Å²) >= 11 is 2.97. The monoisotopic (exact) mass is 314 g/mol. The van der Waals surface area contributed by atoms with E-state index in [1.165, 1.54) is 19.2 Å². The third-order valence-corrected chi connectivity index (χ3v) is 2.29. The van der Waals surface area contributed by atoms with E-state index in [0.29, 0.717) is 11.3 Å². The first kappa shape index (κ1) is 16.1. The van der Waals surface area contributed by atoms with Gasteiger partial charge in [-0.15, -0.1) is 13.2 Å². The lowest BCUT2D eigenvalue weighted by atomic mass is 10.2. The van der Waals surface area contributed by atoms with Gasteiger partial charge in [0.2, 0.25) is 0 Å². The van der Waals surface area contributed by atoms with E-state index in [1.807, 2.05) is 13.8 Å². The predicted molar refractivity (Wildman–Crippen MR) is 63.5 cm³/mol. The van der Waals surface area contributed by atoms with Gasteiger partial charge in [0.1, 0.15) is 11.5 Å². The van der Waals surface area contributed by atoms with Gasteiger partial charge in [0, 0.05) is 0 Å². The quantitative estimate of drug-likeness (QED) is 0.788. The Kier molecular flexibility index (Phi) is 6.37. The predicted octanol–water partition coefficient (Wildman–Crippen LogP) is 4.69. The molecule has 0 aliphatic rings. The number of hydrogen-bond donors (Lipinski definition) is 0. The van der Waals surface area contributed by atoms with Crippen molar-refractivity contribution in [2.75, 3.05) is 7.11 Å². The van der Waals surface area contributed by atoms with Crippen molar-refractivity contribution in [3.63, 3.8) is 0 Å². The zero-order valence-electron chi connectivity index (χ0n) is 9.98. The molecule has 0 radical (unpaired) electrons. The fraction of sp³-hybridized carbons (Fsp3) is 0.455. The van der Waals surface area contributed by atoms with E-state index in [0.717, 1.165) is 0 Å². The molecule has 0 aliphatic heterocycles. The van der Waals surface area contributed by atoms with E-state index in [4.69, 9.17) is 4.74 Å². The molecule has 0 aliphatic carbocycles. The van der Waals surface area contributed by atoms with Crippen LogP contribution in [-0.4, -0.2) is 13.5 Å². The molecule has 0 bridgehead atoms. The van der Waals surface area contributed by atoms with Crippen LogP contribution in [0.15, 0.2) is 16.6 Å². The van der Waals surface area contributed by atoms with Crippen molar-refractivity contribution in [1.82, 2.24) is 0 Å². The molecule has 0 fully saturated rings. The summed E-state index contributed by atoms with van der Waals surface area (Å²) in [4.78, 5) is 0. The second-order valence-electron chi connectivity index (χ2n) is 2.80. The molecule has 17 heavy (non-hydrogen) atoms. The Labute approximate surface area is 107 Å². The van der Waals surface area contributed by atoms with Crippen molar-refractivity contribution < 1.29 is 22.6 Å². The molecule has 98 valence electrons. The van der Waals surface area contributed by atoms with Crippen molar-refractivity contribution in [2.45, 2.75) is 27.1 Å². The fourth-order valence-electron chi connectivity index (χ4n) is 1.06. The van der Waals surface area contributed by atoms with Crippen molar-refractivity contribution in [2.24, 2.45) is 0 Å². The summed E-state index contributed by atoms with van der Waals surface area (Å²) in [6.07, 6.45) is -4.69. The van der Waals surface area contributed by atoms with E-state index in [1.54, 1.807) is 6.92 Å². The zero-order chi connectivity index (χ0) is 13.6. The zero-order valence-corrected chi connectivity index (χ0v) is 11.6. The Morgan fingerprint density at radius 1 is 1.12 bits per heavy atom. The molecule has 0 N–H and O–H groups in total. The highest BCUT2D eigenvalue weighted by molar-refractivity contribution is 9.10.